The first-order chi connectivity index (χ1) is 4.84. The van der Waals surface area contributed by atoms with E-state index in [0.717, 1.165) is 18.4 Å². The highest BCUT2D eigenvalue weighted by molar-refractivity contribution is 9.09. The largest absolute Gasteiger partial charge is 0.314 e. The Balaban J connectivity index is 2.25. The van der Waals surface area contributed by atoms with E-state index in [0.29, 0.717) is 6.04 Å². The normalized spacial score (nSPS) is 28.8. The molecule has 0 radical (unpaired) electrons. The Kier molecular flexibility index (Phi) is 3.66. The Labute approximate surface area is 71.1 Å². The van der Waals surface area contributed by atoms with Gasteiger partial charge in [-0.25, -0.2) is 0 Å². The van der Waals surface area contributed by atoms with Crippen LogP contribution in [0.2, 0.25) is 0 Å². The molecule has 3 heteroatoms. The molecule has 1 saturated heterocycles. The molecular formula is C7H15BrN2. The summed E-state index contributed by atoms with van der Waals surface area (Å²) in [6, 6.07) is 0.714. The van der Waals surface area contributed by atoms with Gasteiger partial charge in [0.25, 0.3) is 0 Å². The Hall–Kier alpha value is 0.400. The van der Waals surface area contributed by atoms with Crippen LogP contribution in [-0.4, -0.2) is 42.5 Å². The lowest BCUT2D eigenvalue weighted by atomic mass is 10.2. The second-order valence-corrected chi connectivity index (χ2v) is 3.57. The van der Waals surface area contributed by atoms with Gasteiger partial charge in [-0.1, -0.05) is 15.9 Å². The number of halogens is 1. The number of alkyl halides is 1. The fourth-order valence-corrected chi connectivity index (χ4v) is 1.78. The summed E-state index contributed by atoms with van der Waals surface area (Å²) in [6.07, 6.45) is 0. The smallest absolute Gasteiger partial charge is 0.0193 e. The zero-order chi connectivity index (χ0) is 7.40. The van der Waals surface area contributed by atoms with E-state index in [4.69, 9.17) is 0 Å². The fourth-order valence-electron chi connectivity index (χ4n) is 1.32. The minimum Gasteiger partial charge on any atom is -0.314 e. The van der Waals surface area contributed by atoms with Crippen LogP contribution < -0.4 is 5.32 Å². The number of hydrogen-bond acceptors (Lipinski definition) is 2. The average molecular weight is 207 g/mol. The molecule has 0 aromatic rings. The van der Waals surface area contributed by atoms with Crippen molar-refractivity contribution in [2.45, 2.75) is 13.0 Å². The summed E-state index contributed by atoms with van der Waals surface area (Å²) in [5.41, 5.74) is 0. The van der Waals surface area contributed by atoms with Gasteiger partial charge >= 0.3 is 0 Å². The third-order valence-corrected chi connectivity index (χ3v) is 2.37. The summed E-state index contributed by atoms with van der Waals surface area (Å²) >= 11 is 3.45. The molecule has 1 aliphatic heterocycles. The van der Waals surface area contributed by atoms with E-state index in [-0.39, 0.29) is 0 Å². The van der Waals surface area contributed by atoms with Crippen molar-refractivity contribution in [2.24, 2.45) is 0 Å². The second-order valence-electron chi connectivity index (χ2n) is 2.78. The molecule has 0 bridgehead atoms. The highest BCUT2D eigenvalue weighted by Crippen LogP contribution is 2.01. The van der Waals surface area contributed by atoms with E-state index in [2.05, 4.69) is 33.1 Å². The van der Waals surface area contributed by atoms with Crippen LogP contribution in [0.15, 0.2) is 0 Å². The van der Waals surface area contributed by atoms with Crippen molar-refractivity contribution >= 4 is 15.9 Å². The number of hydrogen-bond donors (Lipinski definition) is 1. The average Bonchev–Trinajstić information content (AvgIpc) is 1.94. The van der Waals surface area contributed by atoms with E-state index < -0.39 is 0 Å². The predicted molar refractivity (Wildman–Crippen MR) is 47.7 cm³/mol. The number of piperazine rings is 1. The van der Waals surface area contributed by atoms with Gasteiger partial charge in [0.15, 0.2) is 0 Å². The van der Waals surface area contributed by atoms with Gasteiger partial charge in [-0.15, -0.1) is 0 Å². The van der Waals surface area contributed by atoms with Gasteiger partial charge in [-0.3, -0.25) is 4.90 Å². The summed E-state index contributed by atoms with van der Waals surface area (Å²) in [6.45, 7) is 6.95. The minimum absolute atomic E-state index is 0.714. The first kappa shape index (κ1) is 8.50. The SMILES string of the molecule is CC1CNCCN1CCBr. The van der Waals surface area contributed by atoms with Crippen LogP contribution in [-0.2, 0) is 0 Å². The van der Waals surface area contributed by atoms with E-state index in [9.17, 15) is 0 Å². The Morgan fingerprint density at radius 3 is 3.10 bits per heavy atom. The highest BCUT2D eigenvalue weighted by atomic mass is 79.9. The second kappa shape index (κ2) is 4.31. The van der Waals surface area contributed by atoms with Gasteiger partial charge in [0.05, 0.1) is 0 Å². The van der Waals surface area contributed by atoms with Crippen molar-refractivity contribution in [3.05, 3.63) is 0 Å². The van der Waals surface area contributed by atoms with Gasteiger partial charge in [0.1, 0.15) is 0 Å². The maximum absolute atomic E-state index is 3.45. The molecule has 1 N–H and O–H groups in total. The van der Waals surface area contributed by atoms with Gasteiger partial charge in [0, 0.05) is 37.6 Å². The summed E-state index contributed by atoms with van der Waals surface area (Å²) < 4.78 is 0. The van der Waals surface area contributed by atoms with Crippen molar-refractivity contribution in [1.82, 2.24) is 10.2 Å². The van der Waals surface area contributed by atoms with E-state index in [1.165, 1.54) is 13.1 Å². The van der Waals surface area contributed by atoms with E-state index in [1.807, 2.05) is 0 Å². The van der Waals surface area contributed by atoms with Crippen LogP contribution in [0.3, 0.4) is 0 Å². The molecule has 0 aromatic carbocycles. The topological polar surface area (TPSA) is 15.3 Å². The van der Waals surface area contributed by atoms with Crippen LogP contribution in [0.25, 0.3) is 0 Å². The molecule has 1 atom stereocenters. The van der Waals surface area contributed by atoms with Crippen LogP contribution in [0.4, 0.5) is 0 Å². The molecule has 0 amide bonds. The van der Waals surface area contributed by atoms with Crippen LogP contribution in [0.5, 0.6) is 0 Å². The molecule has 10 heavy (non-hydrogen) atoms. The molecule has 1 unspecified atom stereocenters. The van der Waals surface area contributed by atoms with Crippen molar-refractivity contribution in [3.8, 4) is 0 Å². The first-order valence-electron chi connectivity index (χ1n) is 3.85. The van der Waals surface area contributed by atoms with Crippen LogP contribution >= 0.6 is 15.9 Å². The molecule has 60 valence electrons. The van der Waals surface area contributed by atoms with Gasteiger partial charge in [0.2, 0.25) is 0 Å². The van der Waals surface area contributed by atoms with Crippen molar-refractivity contribution < 1.29 is 0 Å². The minimum atomic E-state index is 0.714. The Morgan fingerprint density at radius 2 is 2.50 bits per heavy atom. The predicted octanol–water partition coefficient (Wildman–Crippen LogP) is 0.675. The molecule has 0 saturated carbocycles. The number of rotatable bonds is 2. The van der Waals surface area contributed by atoms with Crippen molar-refractivity contribution in [3.63, 3.8) is 0 Å². The number of nitrogens with zero attached hydrogens (tertiary/aromatic N) is 1. The zero-order valence-electron chi connectivity index (χ0n) is 6.44. The Morgan fingerprint density at radius 1 is 1.70 bits per heavy atom. The summed E-state index contributed by atoms with van der Waals surface area (Å²) in [5.74, 6) is 0. The monoisotopic (exact) mass is 206 g/mol. The maximum atomic E-state index is 3.45. The van der Waals surface area contributed by atoms with Gasteiger partial charge in [-0.2, -0.15) is 0 Å². The zero-order valence-corrected chi connectivity index (χ0v) is 8.02. The third-order valence-electron chi connectivity index (χ3n) is 2.01. The van der Waals surface area contributed by atoms with Gasteiger partial charge < -0.3 is 5.32 Å². The van der Waals surface area contributed by atoms with Crippen molar-refractivity contribution in [1.29, 1.82) is 0 Å². The maximum Gasteiger partial charge on any atom is 0.0193 e. The molecule has 0 aliphatic carbocycles. The molecule has 1 fully saturated rings. The molecule has 0 spiro atoms. The van der Waals surface area contributed by atoms with E-state index in [1.54, 1.807) is 0 Å². The van der Waals surface area contributed by atoms with Crippen molar-refractivity contribution in [2.75, 3.05) is 31.5 Å². The number of nitrogens with one attached hydrogen (secondary N) is 1. The first-order valence-corrected chi connectivity index (χ1v) is 4.97. The van der Waals surface area contributed by atoms with Gasteiger partial charge in [-0.05, 0) is 6.92 Å². The highest BCUT2D eigenvalue weighted by Gasteiger charge is 2.15. The standard InChI is InChI=1S/C7H15BrN2/c1-7-6-9-3-5-10(7)4-2-8/h7,9H,2-6H2,1H3. The van der Waals surface area contributed by atoms with E-state index >= 15 is 0 Å². The molecule has 2 nitrogen and oxygen atoms in total. The molecule has 1 heterocycles. The van der Waals surface area contributed by atoms with Crippen LogP contribution in [0, 0.1) is 0 Å². The summed E-state index contributed by atoms with van der Waals surface area (Å²) in [5, 5.41) is 4.46. The lowest BCUT2D eigenvalue weighted by molar-refractivity contribution is 0.185. The Bertz CT molecular complexity index is 95.6. The quantitative estimate of drug-likeness (QED) is 0.669. The molecule has 1 rings (SSSR count). The fraction of sp³-hybridized carbons (Fsp3) is 1.00. The molecular weight excluding hydrogens is 192 g/mol. The summed E-state index contributed by atoms with van der Waals surface area (Å²) in [7, 11) is 0. The van der Waals surface area contributed by atoms with Crippen LogP contribution in [0.1, 0.15) is 6.92 Å². The lowest BCUT2D eigenvalue weighted by Crippen LogP contribution is -2.50. The molecule has 0 aromatic heterocycles. The summed E-state index contributed by atoms with van der Waals surface area (Å²) in [4.78, 5) is 2.51. The lowest BCUT2D eigenvalue weighted by Gasteiger charge is -2.33. The third kappa shape index (κ3) is 2.22. The molecule has 1 aliphatic rings.